The average Bonchev–Trinajstić information content (AvgIpc) is 2.95. The van der Waals surface area contributed by atoms with Gasteiger partial charge < -0.3 is 5.11 Å². The number of hydrogen-bond donors (Lipinski definition) is 1. The summed E-state index contributed by atoms with van der Waals surface area (Å²) in [6, 6.07) is 1.81. The van der Waals surface area contributed by atoms with Crippen molar-refractivity contribution in [1.29, 1.82) is 0 Å². The van der Waals surface area contributed by atoms with Gasteiger partial charge >= 0.3 is 0 Å². The maximum atomic E-state index is 10.3. The molecule has 104 valence electrons. The van der Waals surface area contributed by atoms with Crippen molar-refractivity contribution < 1.29 is 5.11 Å². The molecule has 0 saturated carbocycles. The molecule has 0 bridgehead atoms. The van der Waals surface area contributed by atoms with Gasteiger partial charge in [0.1, 0.15) is 6.10 Å². The molecule has 0 aliphatic carbocycles. The summed E-state index contributed by atoms with van der Waals surface area (Å²) in [5.74, 6) is 0. The summed E-state index contributed by atoms with van der Waals surface area (Å²) < 4.78 is 3.53. The Morgan fingerprint density at radius 3 is 2.68 bits per heavy atom. The Bertz CT molecular complexity index is 561. The third-order valence-corrected chi connectivity index (χ3v) is 3.72. The number of rotatable bonds is 5. The molecule has 1 N–H and O–H groups in total. The molecule has 1 unspecified atom stereocenters. The minimum atomic E-state index is -0.628. The van der Waals surface area contributed by atoms with Crippen LogP contribution in [-0.4, -0.2) is 24.7 Å². The highest BCUT2D eigenvalue weighted by atomic mass is 35.5. The lowest BCUT2D eigenvalue weighted by molar-refractivity contribution is 0.165. The normalized spacial score (nSPS) is 12.9. The molecule has 0 amide bonds. The van der Waals surface area contributed by atoms with Crippen molar-refractivity contribution >= 4 is 11.6 Å². The zero-order valence-electron chi connectivity index (χ0n) is 11.5. The molecule has 6 heteroatoms. The Balaban J connectivity index is 2.28. The van der Waals surface area contributed by atoms with Crippen LogP contribution in [0.2, 0.25) is 5.02 Å². The van der Waals surface area contributed by atoms with E-state index in [0.717, 1.165) is 30.0 Å². The van der Waals surface area contributed by atoms with Crippen molar-refractivity contribution in [3.8, 4) is 0 Å². The lowest BCUT2D eigenvalue weighted by Crippen LogP contribution is -2.11. The van der Waals surface area contributed by atoms with E-state index in [-0.39, 0.29) is 0 Å². The van der Waals surface area contributed by atoms with Gasteiger partial charge in [0.25, 0.3) is 0 Å². The van der Waals surface area contributed by atoms with Gasteiger partial charge in [-0.05, 0) is 19.4 Å². The second-order valence-corrected chi connectivity index (χ2v) is 4.85. The molecule has 2 aromatic rings. The van der Waals surface area contributed by atoms with Crippen molar-refractivity contribution in [3.63, 3.8) is 0 Å². The van der Waals surface area contributed by atoms with Crippen molar-refractivity contribution in [2.45, 2.75) is 39.3 Å². The minimum absolute atomic E-state index is 0.444. The quantitative estimate of drug-likeness (QED) is 0.914. The molecule has 2 aromatic heterocycles. The largest absolute Gasteiger partial charge is 0.386 e. The SMILES string of the molecule is CCc1nn(CC)c(CC(O)c2ccnn2C)c1Cl. The average molecular weight is 283 g/mol. The van der Waals surface area contributed by atoms with Crippen LogP contribution < -0.4 is 0 Å². The van der Waals surface area contributed by atoms with Crippen LogP contribution in [0.3, 0.4) is 0 Å². The summed E-state index contributed by atoms with van der Waals surface area (Å²) in [4.78, 5) is 0. The third-order valence-electron chi connectivity index (χ3n) is 3.28. The lowest BCUT2D eigenvalue weighted by atomic mass is 10.1. The number of halogens is 1. The molecule has 0 aliphatic heterocycles. The number of hydrogen-bond acceptors (Lipinski definition) is 3. The molecule has 0 aromatic carbocycles. The van der Waals surface area contributed by atoms with Gasteiger partial charge in [-0.25, -0.2) is 0 Å². The van der Waals surface area contributed by atoms with E-state index in [4.69, 9.17) is 11.6 Å². The first-order chi connectivity index (χ1) is 9.08. The second-order valence-electron chi connectivity index (χ2n) is 4.48. The standard InChI is InChI=1S/C13H19ClN4O/c1-4-9-13(14)11(18(5-2)16-9)8-12(19)10-6-7-15-17(10)3/h6-7,12,19H,4-5,8H2,1-3H3. The van der Waals surface area contributed by atoms with E-state index < -0.39 is 6.10 Å². The number of aryl methyl sites for hydroxylation is 3. The molecule has 19 heavy (non-hydrogen) atoms. The van der Waals surface area contributed by atoms with E-state index >= 15 is 0 Å². The number of aliphatic hydroxyl groups excluding tert-OH is 1. The third kappa shape index (κ3) is 2.67. The molecular formula is C13H19ClN4O. The Morgan fingerprint density at radius 2 is 2.16 bits per heavy atom. The molecule has 2 rings (SSSR count). The molecular weight excluding hydrogens is 264 g/mol. The summed E-state index contributed by atoms with van der Waals surface area (Å²) in [7, 11) is 1.81. The summed E-state index contributed by atoms with van der Waals surface area (Å²) in [6.07, 6.45) is 2.28. The highest BCUT2D eigenvalue weighted by Gasteiger charge is 2.20. The lowest BCUT2D eigenvalue weighted by Gasteiger charge is -2.12. The Labute approximate surface area is 117 Å². The van der Waals surface area contributed by atoms with Gasteiger partial charge in [-0.3, -0.25) is 9.36 Å². The molecule has 2 heterocycles. The summed E-state index contributed by atoms with van der Waals surface area (Å²) >= 11 is 6.34. The number of nitrogens with zero attached hydrogens (tertiary/aromatic N) is 4. The number of aromatic nitrogens is 4. The van der Waals surface area contributed by atoms with Gasteiger partial charge in [0, 0.05) is 26.2 Å². The van der Waals surface area contributed by atoms with Crippen LogP contribution in [0, 0.1) is 0 Å². The fourth-order valence-electron chi connectivity index (χ4n) is 2.21. The predicted molar refractivity (Wildman–Crippen MR) is 74.2 cm³/mol. The molecule has 5 nitrogen and oxygen atoms in total. The van der Waals surface area contributed by atoms with E-state index in [1.165, 1.54) is 0 Å². The van der Waals surface area contributed by atoms with E-state index in [1.54, 1.807) is 10.9 Å². The zero-order valence-corrected chi connectivity index (χ0v) is 12.2. The molecule has 1 atom stereocenters. The molecule has 0 saturated heterocycles. The van der Waals surface area contributed by atoms with Crippen LogP contribution in [-0.2, 0) is 26.4 Å². The summed E-state index contributed by atoms with van der Waals surface area (Å²) in [5, 5.41) is 19.5. The van der Waals surface area contributed by atoms with Gasteiger partial charge in [0.05, 0.1) is 22.1 Å². The van der Waals surface area contributed by atoms with Gasteiger partial charge in [-0.2, -0.15) is 10.2 Å². The smallest absolute Gasteiger partial charge is 0.101 e. The number of aliphatic hydroxyl groups is 1. The van der Waals surface area contributed by atoms with Crippen LogP contribution in [0.5, 0.6) is 0 Å². The van der Waals surface area contributed by atoms with E-state index in [2.05, 4.69) is 10.2 Å². The first kappa shape index (κ1) is 14.1. The van der Waals surface area contributed by atoms with Crippen LogP contribution in [0.1, 0.15) is 37.0 Å². The van der Waals surface area contributed by atoms with Crippen LogP contribution in [0.4, 0.5) is 0 Å². The zero-order chi connectivity index (χ0) is 14.0. The monoisotopic (exact) mass is 282 g/mol. The maximum Gasteiger partial charge on any atom is 0.101 e. The van der Waals surface area contributed by atoms with Gasteiger partial charge in [0.15, 0.2) is 0 Å². The molecule has 0 aliphatic rings. The van der Waals surface area contributed by atoms with Crippen molar-refractivity contribution in [2.75, 3.05) is 0 Å². The summed E-state index contributed by atoms with van der Waals surface area (Å²) in [5.41, 5.74) is 2.54. The van der Waals surface area contributed by atoms with Crippen LogP contribution >= 0.6 is 11.6 Å². The molecule has 0 radical (unpaired) electrons. The van der Waals surface area contributed by atoms with Crippen LogP contribution in [0.25, 0.3) is 0 Å². The fraction of sp³-hybridized carbons (Fsp3) is 0.538. The highest BCUT2D eigenvalue weighted by molar-refractivity contribution is 6.31. The Hall–Kier alpha value is -1.33. The van der Waals surface area contributed by atoms with Crippen molar-refractivity contribution in [2.24, 2.45) is 7.05 Å². The van der Waals surface area contributed by atoms with Crippen molar-refractivity contribution in [1.82, 2.24) is 19.6 Å². The first-order valence-corrected chi connectivity index (χ1v) is 6.86. The maximum absolute atomic E-state index is 10.3. The predicted octanol–water partition coefficient (Wildman–Crippen LogP) is 2.13. The second kappa shape index (κ2) is 5.75. The van der Waals surface area contributed by atoms with E-state index in [1.807, 2.05) is 31.6 Å². The molecule has 0 fully saturated rings. The van der Waals surface area contributed by atoms with Crippen LogP contribution in [0.15, 0.2) is 12.3 Å². The molecule has 0 spiro atoms. The van der Waals surface area contributed by atoms with Gasteiger partial charge in [-0.1, -0.05) is 18.5 Å². The summed E-state index contributed by atoms with van der Waals surface area (Å²) in [6.45, 7) is 4.78. The van der Waals surface area contributed by atoms with Gasteiger partial charge in [-0.15, -0.1) is 0 Å². The van der Waals surface area contributed by atoms with E-state index in [0.29, 0.717) is 11.4 Å². The van der Waals surface area contributed by atoms with E-state index in [9.17, 15) is 5.11 Å². The first-order valence-electron chi connectivity index (χ1n) is 6.48. The van der Waals surface area contributed by atoms with Gasteiger partial charge in [0.2, 0.25) is 0 Å². The van der Waals surface area contributed by atoms with Crippen molar-refractivity contribution in [3.05, 3.63) is 34.4 Å². The highest BCUT2D eigenvalue weighted by Crippen LogP contribution is 2.26. The minimum Gasteiger partial charge on any atom is -0.386 e. The Kier molecular flexibility index (Phi) is 4.27. The topological polar surface area (TPSA) is 55.9 Å². The fourth-order valence-corrected chi connectivity index (χ4v) is 2.56. The Morgan fingerprint density at radius 1 is 1.42 bits per heavy atom.